The molecule has 0 amide bonds. The molecule has 4 aliphatic heterocycles. The lowest BCUT2D eigenvalue weighted by Crippen LogP contribution is -2.50. The van der Waals surface area contributed by atoms with Crippen molar-refractivity contribution in [3.8, 4) is 12.1 Å². The van der Waals surface area contributed by atoms with Crippen molar-refractivity contribution in [2.75, 3.05) is 24.7 Å². The van der Waals surface area contributed by atoms with Gasteiger partial charge in [0, 0.05) is 0 Å². The van der Waals surface area contributed by atoms with Gasteiger partial charge in [-0.1, -0.05) is 0 Å². The van der Waals surface area contributed by atoms with Gasteiger partial charge in [-0.05, 0) is 52.0 Å². The van der Waals surface area contributed by atoms with Gasteiger partial charge in [-0.3, -0.25) is 22.6 Å². The van der Waals surface area contributed by atoms with Crippen LogP contribution >= 0.6 is 15.6 Å². The Bertz CT molecular complexity index is 2290. The lowest BCUT2D eigenvalue weighted by molar-refractivity contribution is -0.0802. The van der Waals surface area contributed by atoms with Crippen LogP contribution in [0.4, 0.5) is 20.4 Å². The number of hydrogen-bond donors (Lipinski definition) is 3. The van der Waals surface area contributed by atoms with Crippen LogP contribution in [0.25, 0.3) is 11.0 Å². The van der Waals surface area contributed by atoms with Crippen LogP contribution in [0, 0.1) is 22.7 Å². The maximum absolute atomic E-state index is 16.1. The molecule has 53 heavy (non-hydrogen) atoms. The molecule has 2 unspecified atom stereocenters. The van der Waals surface area contributed by atoms with E-state index in [9.17, 15) is 24.5 Å². The molecule has 20 nitrogen and oxygen atoms in total. The average Bonchev–Trinajstić information content (AvgIpc) is 3.82. The van der Waals surface area contributed by atoms with Crippen molar-refractivity contribution in [2.24, 2.45) is 0 Å². The molecule has 0 spiro atoms. The lowest BCUT2D eigenvalue weighted by Gasteiger charge is -2.35. The number of fused-ring (bicyclic) bond motifs is 4. The fourth-order valence-electron chi connectivity index (χ4n) is 6.92. The van der Waals surface area contributed by atoms with Gasteiger partial charge >= 0.3 is 15.6 Å². The van der Waals surface area contributed by atoms with E-state index in [0.29, 0.717) is 11.0 Å². The molecule has 4 saturated heterocycles. The first kappa shape index (κ1) is 37.1. The number of phosphoric acid groups is 2. The van der Waals surface area contributed by atoms with Gasteiger partial charge in [0.15, 0.2) is 23.0 Å². The van der Waals surface area contributed by atoms with E-state index < -0.39 is 68.7 Å². The number of alkyl halides is 2. The molecule has 0 saturated carbocycles. The van der Waals surface area contributed by atoms with Crippen molar-refractivity contribution in [1.82, 2.24) is 29.2 Å². The van der Waals surface area contributed by atoms with E-state index in [1.165, 1.54) is 33.6 Å². The van der Waals surface area contributed by atoms with E-state index >= 15 is 8.78 Å². The minimum Gasteiger partial charge on any atom is -0.382 e. The lowest BCUT2D eigenvalue weighted by atomic mass is 9.82. The van der Waals surface area contributed by atoms with Crippen LogP contribution in [0.2, 0.25) is 0 Å². The Morgan fingerprint density at radius 2 is 1.32 bits per heavy atom. The fraction of sp³-hybridized carbons (Fsp3) is 0.517. The molecule has 8 rings (SSSR count). The summed E-state index contributed by atoms with van der Waals surface area (Å²) < 4.78 is 95.7. The van der Waals surface area contributed by atoms with Crippen LogP contribution in [-0.4, -0.2) is 89.2 Å². The summed E-state index contributed by atoms with van der Waals surface area (Å²) in [6.07, 6.45) is -2.96. The number of rotatable bonds is 4. The monoisotopic (exact) mass is 780 g/mol. The molecule has 0 radical (unpaired) electrons. The zero-order chi connectivity index (χ0) is 38.4. The first-order valence-electron chi connectivity index (χ1n) is 15.9. The summed E-state index contributed by atoms with van der Waals surface area (Å²) in [5.74, 6) is 0.310. The highest BCUT2D eigenvalue weighted by Crippen LogP contribution is 2.62. The zero-order valence-electron chi connectivity index (χ0n) is 28.3. The maximum atomic E-state index is 16.1. The van der Waals surface area contributed by atoms with E-state index in [2.05, 4.69) is 24.7 Å². The summed E-state index contributed by atoms with van der Waals surface area (Å²) in [6, 6.07) is 9.78. The normalized spacial score (nSPS) is 39.2. The fourth-order valence-corrected chi connectivity index (χ4v) is 9.57. The van der Waals surface area contributed by atoms with Crippen molar-refractivity contribution in [1.29, 1.82) is 10.5 Å². The second-order valence-electron chi connectivity index (χ2n) is 13.1. The topological polar surface area (TPSA) is 279 Å². The van der Waals surface area contributed by atoms with Gasteiger partial charge in [-0.25, -0.2) is 36.9 Å². The second kappa shape index (κ2) is 12.4. The number of nitriles is 2. The van der Waals surface area contributed by atoms with Gasteiger partial charge in [0.2, 0.25) is 11.2 Å². The van der Waals surface area contributed by atoms with E-state index in [0.717, 1.165) is 20.2 Å². The van der Waals surface area contributed by atoms with Gasteiger partial charge < -0.3 is 25.8 Å². The van der Waals surface area contributed by atoms with Gasteiger partial charge in [0.05, 0.1) is 30.7 Å². The molecule has 5 N–H and O–H groups in total. The molecule has 0 bridgehead atoms. The Kier molecular flexibility index (Phi) is 8.71. The van der Waals surface area contributed by atoms with Crippen molar-refractivity contribution < 1.29 is 54.9 Å². The number of nitrogen functional groups attached to an aromatic ring is 2. The minimum absolute atomic E-state index is 0.0647. The molecule has 4 aliphatic rings. The number of aromatic nitrogens is 6. The number of nitrogens with zero attached hydrogens (tertiary/aromatic N) is 8. The third-order valence-electron chi connectivity index (χ3n) is 9.41. The third kappa shape index (κ3) is 5.52. The zero-order valence-corrected chi connectivity index (χ0v) is 30.1. The average molecular weight is 781 g/mol. The molecule has 8 heterocycles. The largest absolute Gasteiger partial charge is 0.475 e. The number of nitrogens with two attached hydrogens (primary N) is 2. The highest BCUT2D eigenvalue weighted by Gasteiger charge is 2.72. The number of hydrogen-bond acceptors (Lipinski definition) is 17. The first-order chi connectivity index (χ1) is 24.9. The summed E-state index contributed by atoms with van der Waals surface area (Å²) in [5.41, 5.74) is 3.41. The Labute approximate surface area is 298 Å². The molecule has 24 heteroatoms. The molecule has 10 atom stereocenters. The van der Waals surface area contributed by atoms with Crippen LogP contribution in [0.3, 0.4) is 0 Å². The van der Waals surface area contributed by atoms with Crippen LogP contribution in [-0.2, 0) is 52.4 Å². The predicted molar refractivity (Wildman–Crippen MR) is 173 cm³/mol. The highest BCUT2D eigenvalue weighted by molar-refractivity contribution is 7.48. The molecule has 4 aromatic heterocycles. The minimum atomic E-state index is -4.42. The summed E-state index contributed by atoms with van der Waals surface area (Å²) in [7, 11) is -8.42. The molecular formula is C29H32F2N10O10P2. The molecule has 4 aromatic rings. The van der Waals surface area contributed by atoms with Gasteiger partial charge in [0.25, 0.3) is 0 Å². The summed E-state index contributed by atoms with van der Waals surface area (Å²) in [5, 5.41) is 27.8. The molecular weight excluding hydrogens is 748 g/mol. The quantitative estimate of drug-likeness (QED) is 0.251. The molecule has 0 aliphatic carbocycles. The molecule has 0 aromatic carbocycles. The summed E-state index contributed by atoms with van der Waals surface area (Å²) in [6.45, 7) is 4.90. The molecule has 282 valence electrons. The highest BCUT2D eigenvalue weighted by atomic mass is 31.2. The van der Waals surface area contributed by atoms with Crippen LogP contribution in [0.15, 0.2) is 36.9 Å². The number of halogens is 2. The second-order valence-corrected chi connectivity index (χ2v) is 16.1. The van der Waals surface area contributed by atoms with Crippen LogP contribution < -0.4 is 11.5 Å². The van der Waals surface area contributed by atoms with E-state index in [-0.39, 0.29) is 36.2 Å². The van der Waals surface area contributed by atoms with Crippen molar-refractivity contribution in [3.63, 3.8) is 0 Å². The number of ether oxygens (including phenoxy) is 2. The van der Waals surface area contributed by atoms with Gasteiger partial charge in [-0.2, -0.15) is 20.7 Å². The standard InChI is InChI=1S/C16H19FN5O5P.C13H13FN5O5P/c1-9(2)26-28(23)24-6-11-13(27-28)15(3,17)16(7-18,25-11)12-5-4-10-14(19)20-8-21-22(10)12;1-12(14)10-8(4-22-25(20,21)24-10)23-13(12,5-15)9-3-2-7-11(16)17-6-18-19(7)9/h4-5,8-9,11,13H,6H2,1-3H3,(H2,19,20,21);2-3,6,8,10H,4H2,1H3,(H,20,21)(H2,16,17,18)/t11-,13-,15-,16+,28?;8-,10-,12-,13+/m11/s1. The Balaban J connectivity index is 0.000000165. The van der Waals surface area contributed by atoms with E-state index in [1.54, 1.807) is 19.9 Å². The van der Waals surface area contributed by atoms with Crippen molar-refractivity contribution in [2.45, 2.75) is 80.8 Å². The maximum Gasteiger partial charge on any atom is 0.475 e. The Hall–Kier alpha value is -4.18. The Morgan fingerprint density at radius 1 is 0.868 bits per heavy atom. The molecule has 4 fully saturated rings. The van der Waals surface area contributed by atoms with Crippen LogP contribution in [0.5, 0.6) is 0 Å². The van der Waals surface area contributed by atoms with Crippen molar-refractivity contribution in [3.05, 3.63) is 48.3 Å². The summed E-state index contributed by atoms with van der Waals surface area (Å²) in [4.78, 5) is 17.2. The SMILES string of the molecule is CC(C)OP1(=O)OC[C@H]2O[C@@](C#N)(c3ccc4c(N)ncnn34)[C@](C)(F)[C@@H]2O1.C[C@@]1(F)[C@@H]2OP(=O)(O)OC[C@H]2O[C@@]1(C#N)c1ccc2c(N)ncnn12. The van der Waals surface area contributed by atoms with E-state index in [4.69, 9.17) is 39.0 Å². The predicted octanol–water partition coefficient (Wildman–Crippen LogP) is 2.78. The van der Waals surface area contributed by atoms with Gasteiger partial charge in [0.1, 0.15) is 60.2 Å². The van der Waals surface area contributed by atoms with Crippen molar-refractivity contribution >= 4 is 38.3 Å². The first-order valence-corrected chi connectivity index (χ1v) is 18.8. The van der Waals surface area contributed by atoms with Gasteiger partial charge in [-0.15, -0.1) is 0 Å². The van der Waals surface area contributed by atoms with Crippen LogP contribution in [0.1, 0.15) is 39.1 Å². The number of phosphoric ester groups is 2. The van der Waals surface area contributed by atoms with E-state index in [1.807, 2.05) is 12.1 Å². The summed E-state index contributed by atoms with van der Waals surface area (Å²) >= 11 is 0. The third-order valence-corrected chi connectivity index (χ3v) is 12.0. The number of anilines is 2. The Morgan fingerprint density at radius 3 is 1.77 bits per heavy atom. The smallest absolute Gasteiger partial charge is 0.382 e.